The highest BCUT2D eigenvalue weighted by Gasteiger charge is 2.31. The molecule has 0 unspecified atom stereocenters. The Labute approximate surface area is 258 Å². The fourth-order valence-corrected chi connectivity index (χ4v) is 8.23. The molecule has 2 nitrogen and oxygen atoms in total. The molecule has 0 saturated heterocycles. The molecule has 0 bridgehead atoms. The summed E-state index contributed by atoms with van der Waals surface area (Å²) in [6.07, 6.45) is 5.58. The van der Waals surface area contributed by atoms with E-state index in [4.69, 9.17) is 0 Å². The zero-order valence-electron chi connectivity index (χ0n) is 23.4. The van der Waals surface area contributed by atoms with Crippen molar-refractivity contribution in [1.82, 2.24) is 0 Å². The summed E-state index contributed by atoms with van der Waals surface area (Å²) >= 11 is 2.48. The molecule has 0 amide bonds. The molecule has 0 saturated carbocycles. The number of pyridine rings is 2. The van der Waals surface area contributed by atoms with Gasteiger partial charge in [-0.2, -0.15) is 4.57 Å². The number of hydrogen-bond donors (Lipinski definition) is 0. The number of nitrogens with zero attached hydrogens (tertiary/aromatic N) is 2. The minimum Gasteiger partial charge on any atom is -0.161 e. The van der Waals surface area contributed by atoms with Crippen LogP contribution in [0.5, 0.6) is 0 Å². The average molecular weight is 651 g/mol. The van der Waals surface area contributed by atoms with E-state index in [1.807, 2.05) is 0 Å². The summed E-state index contributed by atoms with van der Waals surface area (Å²) in [6.45, 7) is 4.47. The first-order chi connectivity index (χ1) is 20.6. The van der Waals surface area contributed by atoms with Crippen molar-refractivity contribution in [3.05, 3.63) is 132 Å². The third-order valence-electron chi connectivity index (χ3n) is 9.38. The van der Waals surface area contributed by atoms with Crippen molar-refractivity contribution in [2.45, 2.75) is 20.3 Å². The van der Waals surface area contributed by atoms with Gasteiger partial charge in [0.25, 0.3) is 0 Å². The van der Waals surface area contributed by atoms with E-state index in [-0.39, 0.29) is 0 Å². The van der Waals surface area contributed by atoms with E-state index in [0.29, 0.717) is 0 Å². The van der Waals surface area contributed by atoms with Gasteiger partial charge in [0, 0.05) is 42.0 Å². The summed E-state index contributed by atoms with van der Waals surface area (Å²) < 4.78 is 4.77. The number of fused-ring (bicyclic) bond motifs is 9. The lowest BCUT2D eigenvalue weighted by Crippen LogP contribution is -2.41. The lowest BCUT2D eigenvalue weighted by Gasteiger charge is -2.20. The van der Waals surface area contributed by atoms with Crippen molar-refractivity contribution < 1.29 is 7.35 Å². The number of aromatic nitrogens is 2. The van der Waals surface area contributed by atoms with Gasteiger partial charge in [0.15, 0.2) is 17.6 Å². The van der Waals surface area contributed by atoms with Gasteiger partial charge in [0.1, 0.15) is 0 Å². The van der Waals surface area contributed by atoms with E-state index in [1.165, 1.54) is 93.3 Å². The van der Waals surface area contributed by atoms with Crippen LogP contribution in [-0.2, 0) is 6.42 Å². The number of halogens is 1. The number of benzene rings is 6. The molecule has 0 fully saturated rings. The van der Waals surface area contributed by atoms with Crippen LogP contribution in [0.2, 0.25) is 0 Å². The van der Waals surface area contributed by atoms with Gasteiger partial charge in [-0.25, -0.2) is 0 Å². The van der Waals surface area contributed by atoms with Crippen molar-refractivity contribution in [1.29, 1.82) is 0 Å². The highest BCUT2D eigenvalue weighted by Crippen LogP contribution is 2.45. The molecule has 3 heteroatoms. The number of allylic oxidation sites excluding steroid dienone is 1. The minimum atomic E-state index is 0.902. The number of hydrogen-bond acceptors (Lipinski definition) is 0. The van der Waals surface area contributed by atoms with E-state index in [9.17, 15) is 0 Å². The molecule has 0 N–H and O–H groups in total. The Morgan fingerprint density at radius 1 is 0.619 bits per heavy atom. The highest BCUT2D eigenvalue weighted by molar-refractivity contribution is 14.1. The number of rotatable bonds is 1. The Morgan fingerprint density at radius 2 is 1.26 bits per heavy atom. The number of aryl methyl sites for hydroxylation is 2. The molecule has 2 aromatic heterocycles. The summed E-state index contributed by atoms with van der Waals surface area (Å²) in [7, 11) is 0. The topological polar surface area (TPSA) is 7.76 Å². The van der Waals surface area contributed by atoms with Crippen LogP contribution in [0.25, 0.3) is 77.0 Å². The van der Waals surface area contributed by atoms with E-state index >= 15 is 0 Å². The second-order valence-electron chi connectivity index (χ2n) is 11.6. The van der Waals surface area contributed by atoms with Crippen LogP contribution in [0.15, 0.2) is 109 Å². The maximum atomic E-state index is 2.48. The molecule has 0 spiro atoms. The van der Waals surface area contributed by atoms with Gasteiger partial charge < -0.3 is 0 Å². The second-order valence-corrected chi connectivity index (χ2v) is 12.6. The predicted molar refractivity (Wildman–Crippen MR) is 184 cm³/mol. The lowest BCUT2D eigenvalue weighted by molar-refractivity contribution is -0.578. The van der Waals surface area contributed by atoms with Crippen LogP contribution >= 0.6 is 22.9 Å². The molecular weight excluding hydrogens is 623 g/mol. The van der Waals surface area contributed by atoms with Crippen LogP contribution in [0, 0.1) is 13.8 Å². The van der Waals surface area contributed by atoms with Crippen molar-refractivity contribution in [3.63, 3.8) is 0 Å². The zero-order valence-corrected chi connectivity index (χ0v) is 25.6. The fraction of sp³-hybridized carbons (Fsp3) is 0.0769. The maximum absolute atomic E-state index is 2.48. The summed E-state index contributed by atoms with van der Waals surface area (Å²) in [5, 5.41) is 11.9. The minimum absolute atomic E-state index is 0.902. The van der Waals surface area contributed by atoms with Crippen LogP contribution in [-0.4, -0.2) is 0 Å². The standard InChI is InChI=1S/C39H27IN2/c1-23-9-5-14-29-34(23)22-26(42-24(2)10-6-18-35(29)42)21-25-11-7-15-31-32-17-8-16-30-27-12-3-4-13-28(27)33-19-20-41(40)39(36(25)31)38(33)37(30)32/h3-21H,22H2,1-2H3/q+2/b26-21-. The Morgan fingerprint density at radius 3 is 2.07 bits per heavy atom. The largest absolute Gasteiger partial charge is 0.354 e. The van der Waals surface area contributed by atoms with Gasteiger partial charge in [0.05, 0.1) is 22.8 Å². The molecule has 198 valence electrons. The van der Waals surface area contributed by atoms with Gasteiger partial charge in [-0.1, -0.05) is 72.8 Å². The molecule has 0 atom stereocenters. The van der Waals surface area contributed by atoms with Crippen molar-refractivity contribution in [2.24, 2.45) is 0 Å². The molecule has 1 aliphatic heterocycles. The zero-order chi connectivity index (χ0) is 28.1. The summed E-state index contributed by atoms with van der Waals surface area (Å²) in [5.41, 5.74) is 10.5. The first-order valence-corrected chi connectivity index (χ1v) is 15.5. The highest BCUT2D eigenvalue weighted by atomic mass is 127. The van der Waals surface area contributed by atoms with Gasteiger partial charge >= 0.3 is 22.9 Å². The quantitative estimate of drug-likeness (QED) is 0.0724. The fourth-order valence-electron chi connectivity index (χ4n) is 7.59. The summed E-state index contributed by atoms with van der Waals surface area (Å²) in [5.74, 6) is 0. The Bertz CT molecular complexity index is 2470. The monoisotopic (exact) mass is 650 g/mol. The SMILES string of the molecule is Cc1cccc2c1C/C(=C/c1cccc3c4cccc5c6ccccc6c6cc[n+](I)c(c13)c6c54)[n+]1c(C)cccc1-2. The Kier molecular flexibility index (Phi) is 5.10. The second kappa shape index (κ2) is 8.83. The van der Waals surface area contributed by atoms with Crippen LogP contribution in [0.4, 0.5) is 0 Å². The smallest absolute Gasteiger partial charge is 0.161 e. The molecule has 0 aliphatic carbocycles. The van der Waals surface area contributed by atoms with E-state index in [0.717, 1.165) is 6.42 Å². The third kappa shape index (κ3) is 3.20. The molecule has 8 aromatic rings. The van der Waals surface area contributed by atoms with Gasteiger partial charge in [-0.05, 0) is 62.7 Å². The molecule has 0 radical (unpaired) electrons. The predicted octanol–water partition coefficient (Wildman–Crippen LogP) is 9.50. The van der Waals surface area contributed by atoms with Crippen molar-refractivity contribution in [2.75, 3.05) is 0 Å². The molecular formula is C39H27IN2+2. The summed E-state index contributed by atoms with van der Waals surface area (Å²) in [4.78, 5) is 0. The third-order valence-corrected chi connectivity index (χ3v) is 10.2. The first kappa shape index (κ1) is 24.3. The molecule has 42 heavy (non-hydrogen) atoms. The van der Waals surface area contributed by atoms with Crippen molar-refractivity contribution >= 4 is 88.6 Å². The van der Waals surface area contributed by atoms with E-state index in [1.54, 1.807) is 0 Å². The van der Waals surface area contributed by atoms with E-state index < -0.39 is 0 Å². The maximum Gasteiger partial charge on any atom is 0.354 e. The average Bonchev–Trinajstić information content (AvgIpc) is 3.01. The van der Waals surface area contributed by atoms with Gasteiger partial charge in [-0.3, -0.25) is 0 Å². The van der Waals surface area contributed by atoms with Crippen LogP contribution in [0.1, 0.15) is 22.4 Å². The first-order valence-electron chi connectivity index (χ1n) is 14.5. The Hall–Kier alpha value is -4.35. The molecule has 9 rings (SSSR count). The van der Waals surface area contributed by atoms with Gasteiger partial charge in [-0.15, -0.1) is 2.78 Å². The van der Waals surface area contributed by atoms with Crippen molar-refractivity contribution in [3.8, 4) is 11.3 Å². The summed E-state index contributed by atoms with van der Waals surface area (Å²) in [6, 6.07) is 38.2. The van der Waals surface area contributed by atoms with Crippen LogP contribution < -0.4 is 7.35 Å². The molecule has 6 aromatic carbocycles. The molecule has 3 heterocycles. The van der Waals surface area contributed by atoms with Crippen LogP contribution in [0.3, 0.4) is 0 Å². The molecule has 1 aliphatic rings. The lowest BCUT2D eigenvalue weighted by atomic mass is 9.86. The van der Waals surface area contributed by atoms with E-state index in [2.05, 4.69) is 159 Å². The normalized spacial score (nSPS) is 14.0. The Balaban J connectivity index is 1.45. The van der Waals surface area contributed by atoms with Gasteiger partial charge in [0.2, 0.25) is 11.2 Å².